The van der Waals surface area contributed by atoms with E-state index in [9.17, 15) is 4.79 Å². The monoisotopic (exact) mass is 268 g/mol. The minimum Gasteiger partial charge on any atom is -0.273 e. The molecule has 104 valence electrons. The molecule has 0 saturated heterocycles. The summed E-state index contributed by atoms with van der Waals surface area (Å²) in [4.78, 5) is 12.0. The van der Waals surface area contributed by atoms with Crippen molar-refractivity contribution < 1.29 is 4.79 Å². The highest BCUT2D eigenvalue weighted by atomic mass is 16.2. The van der Waals surface area contributed by atoms with Crippen LogP contribution in [0.5, 0.6) is 0 Å². The fraction of sp³-hybridized carbons (Fsp3) is 0.412. The van der Waals surface area contributed by atoms with E-state index in [1.165, 1.54) is 5.56 Å². The largest absolute Gasteiger partial charge is 0.273 e. The molecule has 0 heterocycles. The van der Waals surface area contributed by atoms with Crippen LogP contribution in [0, 0.1) is 11.8 Å². The molecule has 20 heavy (non-hydrogen) atoms. The maximum atomic E-state index is 12.0. The van der Waals surface area contributed by atoms with Gasteiger partial charge in [0.05, 0.1) is 0 Å². The van der Waals surface area contributed by atoms with Gasteiger partial charge < -0.3 is 0 Å². The van der Waals surface area contributed by atoms with Crippen molar-refractivity contribution in [3.63, 3.8) is 0 Å². The third kappa shape index (κ3) is 3.16. The van der Waals surface area contributed by atoms with Gasteiger partial charge in [-0.15, -0.1) is 0 Å². The number of allylic oxidation sites excluding steroid dienone is 2. The van der Waals surface area contributed by atoms with Crippen LogP contribution in [0.1, 0.15) is 37.2 Å². The quantitative estimate of drug-likeness (QED) is 0.508. The van der Waals surface area contributed by atoms with Crippen LogP contribution in [0.4, 0.5) is 0 Å². The second-order valence-corrected chi connectivity index (χ2v) is 5.66. The predicted octanol–water partition coefficient (Wildman–Crippen LogP) is 3.25. The zero-order chi connectivity index (χ0) is 13.8. The molecule has 1 amide bonds. The summed E-state index contributed by atoms with van der Waals surface area (Å²) in [5.74, 6) is 1.01. The lowest BCUT2D eigenvalue weighted by Crippen LogP contribution is -2.21. The maximum absolute atomic E-state index is 12.0. The van der Waals surface area contributed by atoms with E-state index in [0.717, 1.165) is 25.7 Å². The molecule has 3 nitrogen and oxygen atoms in total. The van der Waals surface area contributed by atoms with Crippen molar-refractivity contribution in [2.75, 3.05) is 0 Å². The number of hydrogen-bond donors (Lipinski definition) is 1. The molecule has 1 aromatic rings. The number of hydrogen-bond acceptors (Lipinski definition) is 2. The smallest absolute Gasteiger partial charge is 0.243 e. The van der Waals surface area contributed by atoms with Crippen LogP contribution >= 0.6 is 0 Å². The molecule has 1 aromatic carbocycles. The molecule has 3 atom stereocenters. The summed E-state index contributed by atoms with van der Waals surface area (Å²) in [7, 11) is 0. The van der Waals surface area contributed by atoms with Gasteiger partial charge in [-0.25, -0.2) is 5.43 Å². The van der Waals surface area contributed by atoms with Crippen molar-refractivity contribution in [2.24, 2.45) is 16.9 Å². The van der Waals surface area contributed by atoms with E-state index in [0.29, 0.717) is 11.8 Å². The Morgan fingerprint density at radius 2 is 2.10 bits per heavy atom. The minimum absolute atomic E-state index is 0.0569. The molecule has 1 saturated carbocycles. The predicted molar refractivity (Wildman–Crippen MR) is 80.4 cm³/mol. The molecule has 3 rings (SSSR count). The third-order valence-corrected chi connectivity index (χ3v) is 4.12. The summed E-state index contributed by atoms with van der Waals surface area (Å²) in [6.07, 6.45) is 10.5. The van der Waals surface area contributed by atoms with Crippen LogP contribution in [0.2, 0.25) is 0 Å². The Morgan fingerprint density at radius 3 is 2.85 bits per heavy atom. The molecule has 0 spiro atoms. The first kappa shape index (κ1) is 13.1. The number of carbonyl (C=O) groups excluding carboxylic acids is 1. The van der Waals surface area contributed by atoms with Crippen LogP contribution in [0.15, 0.2) is 47.6 Å². The van der Waals surface area contributed by atoms with Gasteiger partial charge in [0.2, 0.25) is 5.91 Å². The summed E-state index contributed by atoms with van der Waals surface area (Å²) in [6.45, 7) is 0. The number of amides is 1. The number of carbonyl (C=O) groups is 1. The number of hydrazone groups is 1. The fourth-order valence-electron chi connectivity index (χ4n) is 2.80. The topological polar surface area (TPSA) is 41.5 Å². The van der Waals surface area contributed by atoms with Crippen molar-refractivity contribution in [3.8, 4) is 0 Å². The molecule has 3 heteroatoms. The van der Waals surface area contributed by atoms with Crippen LogP contribution in [-0.2, 0) is 4.79 Å². The lowest BCUT2D eigenvalue weighted by atomic mass is 9.96. The summed E-state index contributed by atoms with van der Waals surface area (Å²) < 4.78 is 0. The molecular weight excluding hydrogens is 248 g/mol. The maximum Gasteiger partial charge on any atom is 0.243 e. The second-order valence-electron chi connectivity index (χ2n) is 5.66. The highest BCUT2D eigenvalue weighted by molar-refractivity contribution is 5.83. The summed E-state index contributed by atoms with van der Waals surface area (Å²) in [6, 6.07) is 10.2. The van der Waals surface area contributed by atoms with E-state index in [4.69, 9.17) is 0 Å². The molecular formula is C17H20N2O. The Kier molecular flexibility index (Phi) is 3.95. The Balaban J connectivity index is 1.47. The first-order valence-electron chi connectivity index (χ1n) is 7.37. The van der Waals surface area contributed by atoms with E-state index in [-0.39, 0.29) is 11.8 Å². The van der Waals surface area contributed by atoms with Gasteiger partial charge >= 0.3 is 0 Å². The van der Waals surface area contributed by atoms with E-state index in [1.807, 2.05) is 24.4 Å². The number of rotatable bonds is 4. The summed E-state index contributed by atoms with van der Waals surface area (Å²) in [5.41, 5.74) is 3.96. The summed E-state index contributed by atoms with van der Waals surface area (Å²) >= 11 is 0. The van der Waals surface area contributed by atoms with Gasteiger partial charge in [0.25, 0.3) is 0 Å². The first-order valence-corrected chi connectivity index (χ1v) is 7.37. The Hall–Kier alpha value is -1.90. The summed E-state index contributed by atoms with van der Waals surface area (Å²) in [5, 5.41) is 4.13. The zero-order valence-electron chi connectivity index (χ0n) is 11.5. The van der Waals surface area contributed by atoms with Crippen LogP contribution in [-0.4, -0.2) is 12.1 Å². The minimum atomic E-state index is 0.0569. The molecule has 2 aliphatic carbocycles. The molecule has 2 aliphatic rings. The molecule has 1 N–H and O–H groups in total. The number of nitrogens with zero attached hydrogens (tertiary/aromatic N) is 1. The Bertz CT molecular complexity index is 521. The van der Waals surface area contributed by atoms with Crippen molar-refractivity contribution in [1.82, 2.24) is 5.43 Å². The number of nitrogens with one attached hydrogen (secondary N) is 1. The van der Waals surface area contributed by atoms with Crippen LogP contribution in [0.25, 0.3) is 0 Å². The molecule has 1 fully saturated rings. The normalized spacial score (nSPS) is 28.5. The van der Waals surface area contributed by atoms with Gasteiger partial charge in [0.15, 0.2) is 0 Å². The number of benzene rings is 1. The first-order chi connectivity index (χ1) is 9.84. The van der Waals surface area contributed by atoms with Gasteiger partial charge in [-0.1, -0.05) is 42.5 Å². The van der Waals surface area contributed by atoms with Crippen molar-refractivity contribution in [1.29, 1.82) is 0 Å². The lowest BCUT2D eigenvalue weighted by molar-refractivity contribution is -0.122. The average Bonchev–Trinajstić information content (AvgIpc) is 3.30. The fourth-order valence-corrected chi connectivity index (χ4v) is 2.80. The Morgan fingerprint density at radius 1 is 1.25 bits per heavy atom. The Labute approximate surface area is 119 Å². The van der Waals surface area contributed by atoms with Gasteiger partial charge in [0, 0.05) is 12.1 Å². The standard InChI is InChI=1S/C17H20N2O/c20-17(19-18-12-13-7-3-1-4-8-13)16-11-15(16)14-9-5-2-6-10-14/h1-3,5-6,9-10,12-13,15-16H,4,7-8,11H2,(H,19,20)/b18-12+. The lowest BCUT2D eigenvalue weighted by Gasteiger charge is -2.11. The molecule has 0 radical (unpaired) electrons. The van der Waals surface area contributed by atoms with Crippen LogP contribution < -0.4 is 5.43 Å². The SMILES string of the molecule is O=C(N/N=C/C1CC=CCC1)C1CC1c1ccccc1. The van der Waals surface area contributed by atoms with Gasteiger partial charge in [-0.3, -0.25) is 4.79 Å². The van der Waals surface area contributed by atoms with Gasteiger partial charge in [0.1, 0.15) is 0 Å². The zero-order valence-corrected chi connectivity index (χ0v) is 11.5. The molecule has 0 aromatic heterocycles. The van der Waals surface area contributed by atoms with Crippen molar-refractivity contribution >= 4 is 12.1 Å². The van der Waals surface area contributed by atoms with Gasteiger partial charge in [-0.05, 0) is 43.1 Å². The molecule has 0 aliphatic heterocycles. The second kappa shape index (κ2) is 6.04. The highest BCUT2D eigenvalue weighted by Gasteiger charge is 2.43. The van der Waals surface area contributed by atoms with Gasteiger partial charge in [-0.2, -0.15) is 5.10 Å². The average molecular weight is 268 g/mol. The highest BCUT2D eigenvalue weighted by Crippen LogP contribution is 2.47. The van der Waals surface area contributed by atoms with Crippen molar-refractivity contribution in [3.05, 3.63) is 48.0 Å². The molecule has 3 unspecified atom stereocenters. The van der Waals surface area contributed by atoms with E-state index in [2.05, 4.69) is 34.8 Å². The van der Waals surface area contributed by atoms with E-state index < -0.39 is 0 Å². The third-order valence-electron chi connectivity index (χ3n) is 4.12. The molecule has 0 bridgehead atoms. The van der Waals surface area contributed by atoms with E-state index >= 15 is 0 Å². The van der Waals surface area contributed by atoms with Crippen LogP contribution in [0.3, 0.4) is 0 Å². The van der Waals surface area contributed by atoms with Crippen molar-refractivity contribution in [2.45, 2.75) is 31.6 Å². The van der Waals surface area contributed by atoms with E-state index in [1.54, 1.807) is 0 Å².